The number of rotatable bonds is 9. The van der Waals surface area contributed by atoms with Gasteiger partial charge in [-0.05, 0) is 18.6 Å². The Morgan fingerprint density at radius 1 is 1.03 bits per heavy atom. The first-order valence-corrected chi connectivity index (χ1v) is 9.77. The molecule has 0 aliphatic rings. The molecule has 31 heavy (non-hydrogen) atoms. The van der Waals surface area contributed by atoms with Gasteiger partial charge >= 0.3 is 0 Å². The Morgan fingerprint density at radius 3 is 2.61 bits per heavy atom. The minimum atomic E-state index is 0.0894. The minimum absolute atomic E-state index is 0.0894. The van der Waals surface area contributed by atoms with Gasteiger partial charge in [-0.3, -0.25) is 0 Å². The van der Waals surface area contributed by atoms with Crippen LogP contribution in [0.15, 0.2) is 65.5 Å². The van der Waals surface area contributed by atoms with Crippen molar-refractivity contribution in [3.63, 3.8) is 0 Å². The van der Waals surface area contributed by atoms with Gasteiger partial charge in [-0.1, -0.05) is 30.3 Å². The SMILES string of the molecule is COc1cc(Nc2nc(NCCCO)nc(-c3ccccc3)n2)ccc1-c1cnco1. The number of oxazole rings is 1. The van der Waals surface area contributed by atoms with Crippen LogP contribution in [0.5, 0.6) is 5.75 Å². The summed E-state index contributed by atoms with van der Waals surface area (Å²) >= 11 is 0. The van der Waals surface area contributed by atoms with Gasteiger partial charge in [-0.25, -0.2) is 4.98 Å². The van der Waals surface area contributed by atoms with Crippen LogP contribution in [0.3, 0.4) is 0 Å². The van der Waals surface area contributed by atoms with Crippen LogP contribution < -0.4 is 15.4 Å². The fraction of sp³-hybridized carbons (Fsp3) is 0.182. The van der Waals surface area contributed by atoms with Crippen LogP contribution in [0.4, 0.5) is 17.6 Å². The summed E-state index contributed by atoms with van der Waals surface area (Å²) in [7, 11) is 1.60. The van der Waals surface area contributed by atoms with E-state index in [1.54, 1.807) is 13.3 Å². The molecule has 0 aliphatic carbocycles. The first-order chi connectivity index (χ1) is 15.3. The van der Waals surface area contributed by atoms with E-state index in [1.807, 2.05) is 48.5 Å². The van der Waals surface area contributed by atoms with Crippen LogP contribution in [0.2, 0.25) is 0 Å². The lowest BCUT2D eigenvalue weighted by Gasteiger charge is -2.12. The zero-order chi connectivity index (χ0) is 21.5. The molecule has 0 atom stereocenters. The summed E-state index contributed by atoms with van der Waals surface area (Å²) < 4.78 is 10.9. The third-order valence-electron chi connectivity index (χ3n) is 4.44. The first kappa shape index (κ1) is 20.3. The predicted molar refractivity (Wildman–Crippen MR) is 117 cm³/mol. The van der Waals surface area contributed by atoms with Crippen molar-refractivity contribution in [3.05, 3.63) is 61.1 Å². The number of aliphatic hydroxyl groups is 1. The molecule has 2 heterocycles. The summed E-state index contributed by atoms with van der Waals surface area (Å²) in [5.74, 6) is 2.59. The predicted octanol–water partition coefficient (Wildman–Crippen LogP) is 3.74. The number of anilines is 3. The highest BCUT2D eigenvalue weighted by molar-refractivity contribution is 5.71. The maximum Gasteiger partial charge on any atom is 0.232 e. The van der Waals surface area contributed by atoms with Crippen molar-refractivity contribution in [3.8, 4) is 28.5 Å². The van der Waals surface area contributed by atoms with E-state index in [0.717, 1.165) is 16.8 Å². The monoisotopic (exact) mass is 418 g/mol. The maximum absolute atomic E-state index is 9.04. The summed E-state index contributed by atoms with van der Waals surface area (Å²) in [6.45, 7) is 0.639. The molecule has 0 saturated heterocycles. The average molecular weight is 418 g/mol. The molecule has 4 aromatic rings. The van der Waals surface area contributed by atoms with E-state index in [-0.39, 0.29) is 6.61 Å². The number of aromatic nitrogens is 4. The summed E-state index contributed by atoms with van der Waals surface area (Å²) in [5.41, 5.74) is 2.40. The third kappa shape index (κ3) is 4.96. The van der Waals surface area contributed by atoms with Gasteiger partial charge < -0.3 is 24.9 Å². The summed E-state index contributed by atoms with van der Waals surface area (Å²) in [4.78, 5) is 17.5. The molecule has 158 valence electrons. The van der Waals surface area contributed by atoms with Crippen molar-refractivity contribution in [1.82, 2.24) is 19.9 Å². The van der Waals surface area contributed by atoms with Crippen molar-refractivity contribution < 1.29 is 14.3 Å². The van der Waals surface area contributed by atoms with Crippen LogP contribution in [0, 0.1) is 0 Å². The zero-order valence-electron chi connectivity index (χ0n) is 16.9. The topological polar surface area (TPSA) is 118 Å². The van der Waals surface area contributed by atoms with Gasteiger partial charge in [0.25, 0.3) is 0 Å². The van der Waals surface area contributed by atoms with E-state index in [1.165, 1.54) is 6.39 Å². The maximum atomic E-state index is 9.04. The molecule has 0 unspecified atom stereocenters. The Kier molecular flexibility index (Phi) is 6.34. The Morgan fingerprint density at radius 2 is 1.87 bits per heavy atom. The molecule has 3 N–H and O–H groups in total. The van der Waals surface area contributed by atoms with Crippen LogP contribution in [-0.2, 0) is 0 Å². The van der Waals surface area contributed by atoms with Crippen LogP contribution >= 0.6 is 0 Å². The van der Waals surface area contributed by atoms with Gasteiger partial charge in [0.2, 0.25) is 11.9 Å². The molecule has 0 radical (unpaired) electrons. The Bertz CT molecular complexity index is 1120. The van der Waals surface area contributed by atoms with Crippen LogP contribution in [-0.4, -0.2) is 45.3 Å². The van der Waals surface area contributed by atoms with Crippen LogP contribution in [0.1, 0.15) is 6.42 Å². The lowest BCUT2D eigenvalue weighted by Crippen LogP contribution is -2.10. The third-order valence-corrected chi connectivity index (χ3v) is 4.44. The first-order valence-electron chi connectivity index (χ1n) is 9.77. The quantitative estimate of drug-likeness (QED) is 0.349. The summed E-state index contributed by atoms with van der Waals surface area (Å²) in [6, 6.07) is 15.3. The molecule has 0 amide bonds. The molecule has 0 aliphatic heterocycles. The van der Waals surface area contributed by atoms with E-state index in [2.05, 4.69) is 30.6 Å². The lowest BCUT2D eigenvalue weighted by molar-refractivity contribution is 0.292. The van der Waals surface area contributed by atoms with Crippen molar-refractivity contribution in [1.29, 1.82) is 0 Å². The number of hydrogen-bond acceptors (Lipinski definition) is 9. The molecular formula is C22H22N6O3. The molecule has 0 spiro atoms. The Labute approximate surface area is 179 Å². The van der Waals surface area contributed by atoms with Crippen molar-refractivity contribution in [2.75, 3.05) is 30.9 Å². The number of benzene rings is 2. The molecule has 0 fully saturated rings. The van der Waals surface area contributed by atoms with E-state index in [9.17, 15) is 0 Å². The second-order valence-electron chi connectivity index (χ2n) is 6.58. The molecular weight excluding hydrogens is 396 g/mol. The number of ether oxygens (including phenoxy) is 1. The molecule has 2 aromatic heterocycles. The highest BCUT2D eigenvalue weighted by atomic mass is 16.5. The average Bonchev–Trinajstić information content (AvgIpc) is 3.34. The molecule has 9 nitrogen and oxygen atoms in total. The number of methoxy groups -OCH3 is 1. The number of nitrogens with zero attached hydrogens (tertiary/aromatic N) is 4. The standard InChI is InChI=1S/C22H22N6O3/c1-30-18-12-16(8-9-17(18)19-13-23-14-31-19)25-22-27-20(15-6-3-2-4-7-15)26-21(28-22)24-10-5-11-29/h2-4,6-9,12-14,29H,5,10-11H2,1H3,(H2,24,25,26,27,28). The van der Waals surface area contributed by atoms with Gasteiger partial charge in [-0.2, -0.15) is 15.0 Å². The van der Waals surface area contributed by atoms with Crippen molar-refractivity contribution in [2.24, 2.45) is 0 Å². The molecule has 0 bridgehead atoms. The normalized spacial score (nSPS) is 10.6. The Balaban J connectivity index is 1.64. The second-order valence-corrected chi connectivity index (χ2v) is 6.58. The highest BCUT2D eigenvalue weighted by Crippen LogP contribution is 2.33. The number of nitrogens with one attached hydrogen (secondary N) is 2. The molecule has 0 saturated carbocycles. The largest absolute Gasteiger partial charge is 0.496 e. The van der Waals surface area contributed by atoms with E-state index >= 15 is 0 Å². The summed E-state index contributed by atoms with van der Waals surface area (Å²) in [5, 5.41) is 15.4. The van der Waals surface area contributed by atoms with Gasteiger partial charge in [-0.15, -0.1) is 0 Å². The van der Waals surface area contributed by atoms with Crippen LogP contribution in [0.25, 0.3) is 22.7 Å². The summed E-state index contributed by atoms with van der Waals surface area (Å²) in [6.07, 6.45) is 3.60. The number of aliphatic hydroxyl groups excluding tert-OH is 1. The van der Waals surface area contributed by atoms with Gasteiger partial charge in [0.15, 0.2) is 18.0 Å². The molecule has 2 aromatic carbocycles. The lowest BCUT2D eigenvalue weighted by atomic mass is 10.1. The second kappa shape index (κ2) is 9.68. The smallest absolute Gasteiger partial charge is 0.232 e. The molecule has 4 rings (SSSR count). The fourth-order valence-corrected chi connectivity index (χ4v) is 2.96. The van der Waals surface area contributed by atoms with Crippen molar-refractivity contribution >= 4 is 17.6 Å². The van der Waals surface area contributed by atoms with E-state index < -0.39 is 0 Å². The van der Waals surface area contributed by atoms with E-state index in [0.29, 0.717) is 42.2 Å². The highest BCUT2D eigenvalue weighted by Gasteiger charge is 2.12. The van der Waals surface area contributed by atoms with Crippen molar-refractivity contribution in [2.45, 2.75) is 6.42 Å². The van der Waals surface area contributed by atoms with Gasteiger partial charge in [0, 0.05) is 30.5 Å². The minimum Gasteiger partial charge on any atom is -0.496 e. The number of hydrogen-bond donors (Lipinski definition) is 3. The van der Waals surface area contributed by atoms with E-state index in [4.69, 9.17) is 14.3 Å². The van der Waals surface area contributed by atoms with Gasteiger partial charge in [0.05, 0.1) is 18.9 Å². The zero-order valence-corrected chi connectivity index (χ0v) is 16.9. The Hall–Kier alpha value is -3.98. The van der Waals surface area contributed by atoms with Gasteiger partial charge in [0.1, 0.15) is 5.75 Å². The molecule has 9 heteroatoms. The fourth-order valence-electron chi connectivity index (χ4n) is 2.96.